The number of halogens is 1. The van der Waals surface area contributed by atoms with Gasteiger partial charge in [-0.3, -0.25) is 0 Å². The minimum absolute atomic E-state index is 0.0472. The van der Waals surface area contributed by atoms with E-state index in [4.69, 9.17) is 21.1 Å². The molecule has 94 valence electrons. The van der Waals surface area contributed by atoms with Crippen molar-refractivity contribution in [2.75, 3.05) is 19.8 Å². The highest BCUT2D eigenvalue weighted by Crippen LogP contribution is 2.34. The predicted octanol–water partition coefficient (Wildman–Crippen LogP) is 3.79. The van der Waals surface area contributed by atoms with Crippen molar-refractivity contribution in [3.63, 3.8) is 0 Å². The van der Waals surface area contributed by atoms with Crippen LogP contribution in [0, 0.1) is 5.92 Å². The summed E-state index contributed by atoms with van der Waals surface area (Å²) in [5, 5.41) is 0.0472. The first-order chi connectivity index (χ1) is 8.31. The van der Waals surface area contributed by atoms with Crippen LogP contribution in [0.25, 0.3) is 0 Å². The van der Waals surface area contributed by atoms with Gasteiger partial charge in [-0.15, -0.1) is 11.6 Å². The van der Waals surface area contributed by atoms with E-state index < -0.39 is 0 Å². The maximum atomic E-state index is 6.49. The maximum absolute atomic E-state index is 6.49. The Balaban J connectivity index is 2.00. The molecule has 3 heteroatoms. The van der Waals surface area contributed by atoms with Crippen molar-refractivity contribution < 1.29 is 9.47 Å². The third-order valence-corrected chi connectivity index (χ3v) is 3.73. The van der Waals surface area contributed by atoms with Gasteiger partial charge in [0.2, 0.25) is 0 Å². The summed E-state index contributed by atoms with van der Waals surface area (Å²) < 4.78 is 10.9. The quantitative estimate of drug-likeness (QED) is 0.761. The predicted molar refractivity (Wildman–Crippen MR) is 69.7 cm³/mol. The summed E-state index contributed by atoms with van der Waals surface area (Å²) in [5.74, 6) is 1.34. The van der Waals surface area contributed by atoms with Gasteiger partial charge in [0.25, 0.3) is 0 Å². The molecule has 1 aliphatic rings. The monoisotopic (exact) mass is 254 g/mol. The lowest BCUT2D eigenvalue weighted by molar-refractivity contribution is 0.0531. The van der Waals surface area contributed by atoms with Crippen LogP contribution in [0.1, 0.15) is 30.7 Å². The molecule has 0 aromatic heterocycles. The van der Waals surface area contributed by atoms with Crippen LogP contribution in [0.3, 0.4) is 0 Å². The Bertz CT molecular complexity index is 331. The molecule has 1 saturated heterocycles. The van der Waals surface area contributed by atoms with Crippen molar-refractivity contribution in [1.82, 2.24) is 0 Å². The summed E-state index contributed by atoms with van der Waals surface area (Å²) in [6, 6.07) is 8.07. The van der Waals surface area contributed by atoms with E-state index in [0.29, 0.717) is 12.5 Å². The molecular formula is C14H19ClO2. The highest BCUT2D eigenvalue weighted by molar-refractivity contribution is 6.21. The Morgan fingerprint density at radius 2 is 2.18 bits per heavy atom. The molecule has 2 nitrogen and oxygen atoms in total. The van der Waals surface area contributed by atoms with E-state index in [1.165, 1.54) is 0 Å². The maximum Gasteiger partial charge on any atom is 0.119 e. The molecule has 0 amide bonds. The number of hydrogen-bond donors (Lipinski definition) is 0. The standard InChI is InChI=1S/C14H19ClO2/c1-2-17-13-7-5-11(6-8-13)14(15)12-4-3-9-16-10-12/h5-8,12,14H,2-4,9-10H2,1H3. The first-order valence-electron chi connectivity index (χ1n) is 6.26. The van der Waals surface area contributed by atoms with Crippen LogP contribution < -0.4 is 4.74 Å². The molecule has 0 N–H and O–H groups in total. The smallest absolute Gasteiger partial charge is 0.119 e. The van der Waals surface area contributed by atoms with Gasteiger partial charge in [0.05, 0.1) is 18.6 Å². The van der Waals surface area contributed by atoms with Crippen molar-refractivity contribution in [2.24, 2.45) is 5.92 Å². The van der Waals surface area contributed by atoms with Gasteiger partial charge in [0, 0.05) is 12.5 Å². The topological polar surface area (TPSA) is 18.5 Å². The van der Waals surface area contributed by atoms with Crippen LogP contribution >= 0.6 is 11.6 Å². The fraction of sp³-hybridized carbons (Fsp3) is 0.571. The number of hydrogen-bond acceptors (Lipinski definition) is 2. The molecule has 0 aliphatic carbocycles. The zero-order valence-electron chi connectivity index (χ0n) is 10.2. The van der Waals surface area contributed by atoms with Gasteiger partial charge in [-0.05, 0) is 37.5 Å². The molecule has 1 fully saturated rings. The van der Waals surface area contributed by atoms with E-state index >= 15 is 0 Å². The minimum Gasteiger partial charge on any atom is -0.494 e. The van der Waals surface area contributed by atoms with Crippen LogP contribution in [0.15, 0.2) is 24.3 Å². The summed E-state index contributed by atoms with van der Waals surface area (Å²) in [6.45, 7) is 4.34. The van der Waals surface area contributed by atoms with Crippen LogP contribution in [0.5, 0.6) is 5.75 Å². The van der Waals surface area contributed by atoms with Gasteiger partial charge in [-0.25, -0.2) is 0 Å². The second-order valence-corrected chi connectivity index (χ2v) is 4.85. The highest BCUT2D eigenvalue weighted by Gasteiger charge is 2.23. The molecule has 1 heterocycles. The summed E-state index contributed by atoms with van der Waals surface area (Å²) >= 11 is 6.49. The van der Waals surface area contributed by atoms with Gasteiger partial charge >= 0.3 is 0 Å². The summed E-state index contributed by atoms with van der Waals surface area (Å²) in [7, 11) is 0. The number of rotatable bonds is 4. The van der Waals surface area contributed by atoms with E-state index in [0.717, 1.165) is 37.4 Å². The zero-order valence-corrected chi connectivity index (χ0v) is 11.0. The Kier molecular flexibility index (Phi) is 4.69. The van der Waals surface area contributed by atoms with Crippen molar-refractivity contribution in [2.45, 2.75) is 25.1 Å². The van der Waals surface area contributed by atoms with Crippen molar-refractivity contribution in [3.05, 3.63) is 29.8 Å². The van der Waals surface area contributed by atoms with E-state index in [1.54, 1.807) is 0 Å². The second-order valence-electron chi connectivity index (χ2n) is 4.38. The molecule has 0 radical (unpaired) electrons. The third-order valence-electron chi connectivity index (χ3n) is 3.12. The Morgan fingerprint density at radius 1 is 1.41 bits per heavy atom. The van der Waals surface area contributed by atoms with Crippen LogP contribution in [-0.4, -0.2) is 19.8 Å². The summed E-state index contributed by atoms with van der Waals surface area (Å²) in [5.41, 5.74) is 1.16. The molecule has 2 atom stereocenters. The largest absolute Gasteiger partial charge is 0.494 e. The molecule has 1 aromatic rings. The normalized spacial score (nSPS) is 22.1. The van der Waals surface area contributed by atoms with Crippen molar-refractivity contribution in [1.29, 1.82) is 0 Å². The first kappa shape index (κ1) is 12.7. The van der Waals surface area contributed by atoms with Crippen LogP contribution in [-0.2, 0) is 4.74 Å². The molecule has 0 spiro atoms. The average Bonchev–Trinajstić information content (AvgIpc) is 2.40. The van der Waals surface area contributed by atoms with Crippen molar-refractivity contribution in [3.8, 4) is 5.75 Å². The summed E-state index contributed by atoms with van der Waals surface area (Å²) in [4.78, 5) is 0. The molecule has 0 saturated carbocycles. The number of ether oxygens (including phenoxy) is 2. The molecule has 0 bridgehead atoms. The zero-order chi connectivity index (χ0) is 12.1. The lowest BCUT2D eigenvalue weighted by Crippen LogP contribution is -2.21. The molecule has 17 heavy (non-hydrogen) atoms. The first-order valence-corrected chi connectivity index (χ1v) is 6.69. The fourth-order valence-electron chi connectivity index (χ4n) is 2.18. The van der Waals surface area contributed by atoms with Crippen LogP contribution in [0.2, 0.25) is 0 Å². The van der Waals surface area contributed by atoms with E-state index in [9.17, 15) is 0 Å². The van der Waals surface area contributed by atoms with E-state index in [2.05, 4.69) is 12.1 Å². The number of alkyl halides is 1. The Morgan fingerprint density at radius 3 is 2.76 bits per heavy atom. The molecular weight excluding hydrogens is 236 g/mol. The van der Waals surface area contributed by atoms with Gasteiger partial charge in [0.15, 0.2) is 0 Å². The second kappa shape index (κ2) is 6.27. The highest BCUT2D eigenvalue weighted by atomic mass is 35.5. The van der Waals surface area contributed by atoms with Gasteiger partial charge < -0.3 is 9.47 Å². The minimum atomic E-state index is 0.0472. The Hall–Kier alpha value is -0.730. The van der Waals surface area contributed by atoms with E-state index in [-0.39, 0.29) is 5.38 Å². The molecule has 1 aliphatic heterocycles. The van der Waals surface area contributed by atoms with Gasteiger partial charge in [0.1, 0.15) is 5.75 Å². The molecule has 2 rings (SSSR count). The average molecular weight is 255 g/mol. The molecule has 1 aromatic carbocycles. The number of benzene rings is 1. The molecule has 2 unspecified atom stereocenters. The Labute approximate surface area is 108 Å². The van der Waals surface area contributed by atoms with Gasteiger partial charge in [-0.1, -0.05) is 12.1 Å². The summed E-state index contributed by atoms with van der Waals surface area (Å²) in [6.07, 6.45) is 2.27. The lowest BCUT2D eigenvalue weighted by atomic mass is 9.93. The van der Waals surface area contributed by atoms with Crippen molar-refractivity contribution >= 4 is 11.6 Å². The van der Waals surface area contributed by atoms with Crippen LogP contribution in [0.4, 0.5) is 0 Å². The van der Waals surface area contributed by atoms with Gasteiger partial charge in [-0.2, -0.15) is 0 Å². The van der Waals surface area contributed by atoms with E-state index in [1.807, 2.05) is 19.1 Å². The lowest BCUT2D eigenvalue weighted by Gasteiger charge is -2.26. The fourth-order valence-corrected chi connectivity index (χ4v) is 2.53. The third kappa shape index (κ3) is 3.36. The SMILES string of the molecule is CCOc1ccc(C(Cl)C2CCCOC2)cc1.